The number of nitrogens with two attached hydrogens (primary N) is 1. The molecule has 1 amide bonds. The maximum atomic E-state index is 10.9. The molecule has 182 valence electrons. The van der Waals surface area contributed by atoms with Crippen LogP contribution in [0.25, 0.3) is 23.0 Å². The molecule has 2 aromatic heterocycles. The van der Waals surface area contributed by atoms with Gasteiger partial charge < -0.3 is 30.5 Å². The number of anilines is 1. The highest BCUT2D eigenvalue weighted by Crippen LogP contribution is 2.34. The number of aryl methyl sites for hydroxylation is 2. The van der Waals surface area contributed by atoms with Gasteiger partial charge in [-0.15, -0.1) is 0 Å². The standard InChI is InChI=1S/C22H27ClN6O5/c1-10(2)25-22-26-12(4)6-16(27-22)21-28-20(29-34-21)13-5-11(3)18(15(23)7-13)33-9-14(30)8-17(31)19(24)32/h5-7,10,14,17,30-31H,8-9H2,1-4H3,(H2,24,32)(H,25,26,27)/t14-,17?/m0/s1. The minimum Gasteiger partial charge on any atom is -0.489 e. The van der Waals surface area contributed by atoms with E-state index in [1.807, 2.05) is 20.8 Å². The van der Waals surface area contributed by atoms with Crippen LogP contribution in [-0.4, -0.2) is 61.1 Å². The molecule has 0 radical (unpaired) electrons. The molecule has 0 aliphatic carbocycles. The first-order chi connectivity index (χ1) is 16.0. The molecule has 5 N–H and O–H groups in total. The molecule has 0 saturated carbocycles. The van der Waals surface area contributed by atoms with Crippen LogP contribution < -0.4 is 15.8 Å². The van der Waals surface area contributed by atoms with Gasteiger partial charge in [0.25, 0.3) is 5.89 Å². The van der Waals surface area contributed by atoms with Crippen molar-refractivity contribution in [2.24, 2.45) is 5.73 Å². The molecule has 0 bridgehead atoms. The van der Waals surface area contributed by atoms with Gasteiger partial charge in [0.2, 0.25) is 17.7 Å². The molecule has 1 aromatic carbocycles. The van der Waals surface area contributed by atoms with E-state index < -0.39 is 18.1 Å². The third-order valence-electron chi connectivity index (χ3n) is 4.65. The lowest BCUT2D eigenvalue weighted by Gasteiger charge is -2.16. The topological polar surface area (TPSA) is 170 Å². The second-order valence-corrected chi connectivity index (χ2v) is 8.57. The molecule has 34 heavy (non-hydrogen) atoms. The molecule has 0 aliphatic rings. The molecular weight excluding hydrogens is 464 g/mol. The van der Waals surface area contributed by atoms with Crippen LogP contribution in [0.3, 0.4) is 0 Å². The fraction of sp³-hybridized carbons (Fsp3) is 0.409. The number of hydrogen-bond acceptors (Lipinski definition) is 10. The van der Waals surface area contributed by atoms with Gasteiger partial charge in [0.15, 0.2) is 0 Å². The number of carbonyl (C=O) groups excluding carboxylic acids is 1. The number of ether oxygens (including phenoxy) is 1. The van der Waals surface area contributed by atoms with Gasteiger partial charge in [-0.05, 0) is 51.5 Å². The Labute approximate surface area is 201 Å². The normalized spacial score (nSPS) is 13.1. The Kier molecular flexibility index (Phi) is 8.02. The van der Waals surface area contributed by atoms with Gasteiger partial charge in [0.1, 0.15) is 24.2 Å². The number of halogens is 1. The second-order valence-electron chi connectivity index (χ2n) is 8.16. The number of nitrogens with zero attached hydrogens (tertiary/aromatic N) is 4. The molecule has 11 nitrogen and oxygen atoms in total. The first kappa shape index (κ1) is 25.3. The fourth-order valence-electron chi connectivity index (χ4n) is 3.11. The van der Waals surface area contributed by atoms with Crippen LogP contribution in [0.1, 0.15) is 31.5 Å². The van der Waals surface area contributed by atoms with Gasteiger partial charge in [-0.2, -0.15) is 4.98 Å². The average Bonchev–Trinajstić information content (AvgIpc) is 3.22. The Morgan fingerprint density at radius 3 is 2.59 bits per heavy atom. The molecule has 3 rings (SSSR count). The molecule has 0 fully saturated rings. The van der Waals surface area contributed by atoms with Crippen molar-refractivity contribution in [3.05, 3.63) is 34.5 Å². The van der Waals surface area contributed by atoms with Crippen LogP contribution in [0, 0.1) is 13.8 Å². The molecule has 1 unspecified atom stereocenters. The van der Waals surface area contributed by atoms with E-state index in [-0.39, 0.29) is 30.0 Å². The van der Waals surface area contributed by atoms with E-state index in [0.717, 1.165) is 5.69 Å². The zero-order valence-corrected chi connectivity index (χ0v) is 20.0. The monoisotopic (exact) mass is 490 g/mol. The SMILES string of the molecule is Cc1cc(-c2nc(-c3cc(C)c(OC[C@@H](O)CC(O)C(N)=O)c(Cl)c3)no2)nc(NC(C)C)n1. The summed E-state index contributed by atoms with van der Waals surface area (Å²) in [6.07, 6.45) is -2.81. The van der Waals surface area contributed by atoms with Crippen molar-refractivity contribution < 1.29 is 24.3 Å². The maximum absolute atomic E-state index is 10.9. The van der Waals surface area contributed by atoms with E-state index in [1.165, 1.54) is 0 Å². The van der Waals surface area contributed by atoms with Crippen molar-refractivity contribution in [2.45, 2.75) is 52.4 Å². The van der Waals surface area contributed by atoms with Crippen molar-refractivity contribution in [2.75, 3.05) is 11.9 Å². The van der Waals surface area contributed by atoms with Crippen LogP contribution >= 0.6 is 11.6 Å². The molecular formula is C22H27ClN6O5. The highest BCUT2D eigenvalue weighted by molar-refractivity contribution is 6.32. The van der Waals surface area contributed by atoms with E-state index >= 15 is 0 Å². The van der Waals surface area contributed by atoms with Gasteiger partial charge in [-0.1, -0.05) is 16.8 Å². The highest BCUT2D eigenvalue weighted by Gasteiger charge is 2.20. The van der Waals surface area contributed by atoms with Crippen molar-refractivity contribution in [1.82, 2.24) is 20.1 Å². The Morgan fingerprint density at radius 2 is 1.94 bits per heavy atom. The molecule has 3 aromatic rings. The molecule has 2 heterocycles. The summed E-state index contributed by atoms with van der Waals surface area (Å²) in [4.78, 5) is 24.2. The number of aromatic nitrogens is 4. The average molecular weight is 491 g/mol. The van der Waals surface area contributed by atoms with Crippen LogP contribution in [-0.2, 0) is 4.79 Å². The molecule has 2 atom stereocenters. The van der Waals surface area contributed by atoms with Crippen molar-refractivity contribution in [3.8, 4) is 28.7 Å². The van der Waals surface area contributed by atoms with Gasteiger partial charge in [-0.25, -0.2) is 9.97 Å². The molecule has 12 heteroatoms. The van der Waals surface area contributed by atoms with Gasteiger partial charge >= 0.3 is 0 Å². The first-order valence-electron chi connectivity index (χ1n) is 10.6. The highest BCUT2D eigenvalue weighted by atomic mass is 35.5. The molecule has 0 aliphatic heterocycles. The third kappa shape index (κ3) is 6.40. The lowest BCUT2D eigenvalue weighted by Crippen LogP contribution is -2.33. The van der Waals surface area contributed by atoms with E-state index in [9.17, 15) is 15.0 Å². The predicted molar refractivity (Wildman–Crippen MR) is 125 cm³/mol. The largest absolute Gasteiger partial charge is 0.489 e. The van der Waals surface area contributed by atoms with Crippen LogP contribution in [0.5, 0.6) is 5.75 Å². The Morgan fingerprint density at radius 1 is 1.21 bits per heavy atom. The smallest absolute Gasteiger partial charge is 0.277 e. The Bertz CT molecular complexity index is 1150. The number of benzene rings is 1. The number of amides is 1. The Balaban J connectivity index is 1.77. The van der Waals surface area contributed by atoms with Gasteiger partial charge in [0, 0.05) is 23.7 Å². The number of rotatable bonds is 10. The van der Waals surface area contributed by atoms with Crippen LogP contribution in [0.15, 0.2) is 22.7 Å². The predicted octanol–water partition coefficient (Wildman–Crippen LogP) is 2.26. The summed E-state index contributed by atoms with van der Waals surface area (Å²) in [5.74, 6) is 0.443. The quantitative estimate of drug-likeness (QED) is 0.330. The van der Waals surface area contributed by atoms with Gasteiger partial charge in [-0.3, -0.25) is 4.79 Å². The van der Waals surface area contributed by atoms with Crippen molar-refractivity contribution in [1.29, 1.82) is 0 Å². The number of aliphatic hydroxyl groups excluding tert-OH is 2. The summed E-state index contributed by atoms with van der Waals surface area (Å²) in [6.45, 7) is 7.41. The van der Waals surface area contributed by atoms with Crippen LogP contribution in [0.2, 0.25) is 5.02 Å². The summed E-state index contributed by atoms with van der Waals surface area (Å²) in [7, 11) is 0. The molecule has 0 saturated heterocycles. The lowest BCUT2D eigenvalue weighted by molar-refractivity contribution is -0.127. The van der Waals surface area contributed by atoms with E-state index in [2.05, 4.69) is 25.4 Å². The number of nitrogens with one attached hydrogen (secondary N) is 1. The summed E-state index contributed by atoms with van der Waals surface area (Å²) in [5.41, 5.74) is 7.49. The zero-order valence-electron chi connectivity index (χ0n) is 19.2. The molecule has 0 spiro atoms. The summed E-state index contributed by atoms with van der Waals surface area (Å²) in [6, 6.07) is 5.28. The summed E-state index contributed by atoms with van der Waals surface area (Å²) in [5, 5.41) is 26.9. The van der Waals surface area contributed by atoms with Crippen LogP contribution in [0.4, 0.5) is 5.95 Å². The number of primary amides is 1. The third-order valence-corrected chi connectivity index (χ3v) is 4.93. The zero-order chi connectivity index (χ0) is 25.0. The van der Waals surface area contributed by atoms with Crippen molar-refractivity contribution >= 4 is 23.5 Å². The fourth-order valence-corrected chi connectivity index (χ4v) is 3.43. The number of carbonyl (C=O) groups is 1. The minimum absolute atomic E-state index is 0.160. The number of aliphatic hydroxyl groups is 2. The van der Waals surface area contributed by atoms with Gasteiger partial charge in [0.05, 0.1) is 11.1 Å². The van der Waals surface area contributed by atoms with E-state index in [0.29, 0.717) is 34.3 Å². The van der Waals surface area contributed by atoms with Crippen molar-refractivity contribution in [3.63, 3.8) is 0 Å². The van der Waals surface area contributed by atoms with E-state index in [4.69, 9.17) is 26.6 Å². The van der Waals surface area contributed by atoms with E-state index in [1.54, 1.807) is 25.1 Å². The summed E-state index contributed by atoms with van der Waals surface area (Å²) < 4.78 is 11.0. The maximum Gasteiger partial charge on any atom is 0.277 e. The first-order valence-corrected chi connectivity index (χ1v) is 11.0. The summed E-state index contributed by atoms with van der Waals surface area (Å²) >= 11 is 6.39. The second kappa shape index (κ2) is 10.8. The lowest BCUT2D eigenvalue weighted by atomic mass is 10.1. The Hall–Kier alpha value is -3.28. The number of hydrogen-bond donors (Lipinski definition) is 4. The minimum atomic E-state index is -1.46.